The molecule has 0 aromatic heterocycles. The van der Waals surface area contributed by atoms with Crippen LogP contribution in [0.25, 0.3) is 0 Å². The van der Waals surface area contributed by atoms with E-state index in [1.165, 1.54) is 0 Å². The lowest BCUT2D eigenvalue weighted by Gasteiger charge is -2.20. The smallest absolute Gasteiger partial charge is 0.321 e. The van der Waals surface area contributed by atoms with E-state index in [-0.39, 0.29) is 18.1 Å². The summed E-state index contributed by atoms with van der Waals surface area (Å²) in [7, 11) is 0. The summed E-state index contributed by atoms with van der Waals surface area (Å²) in [5.74, 6) is 0.141. The van der Waals surface area contributed by atoms with Crippen LogP contribution in [-0.4, -0.2) is 43.8 Å². The molecule has 0 radical (unpaired) electrons. The highest BCUT2D eigenvalue weighted by atomic mass is 16.5. The Balaban J connectivity index is 2.28. The average Bonchev–Trinajstić information content (AvgIpc) is 2.83. The zero-order valence-corrected chi connectivity index (χ0v) is 12.0. The van der Waals surface area contributed by atoms with E-state index in [1.807, 2.05) is 0 Å². The molecular weight excluding hydrogens is 246 g/mol. The molecule has 1 aliphatic heterocycles. The lowest BCUT2D eigenvalue weighted by Crippen LogP contribution is -2.49. The first-order valence-electron chi connectivity index (χ1n) is 7.02. The fourth-order valence-electron chi connectivity index (χ4n) is 2.22. The second kappa shape index (κ2) is 8.12. The van der Waals surface area contributed by atoms with Crippen molar-refractivity contribution in [2.45, 2.75) is 45.8 Å². The molecule has 1 saturated heterocycles. The molecule has 0 saturated carbocycles. The van der Waals surface area contributed by atoms with Crippen molar-refractivity contribution in [3.63, 3.8) is 0 Å². The molecule has 0 aromatic carbocycles. The van der Waals surface area contributed by atoms with Gasteiger partial charge in [0.1, 0.15) is 0 Å². The molecule has 0 bridgehead atoms. The molecule has 6 heteroatoms. The minimum Gasteiger partial charge on any atom is -0.378 e. The Morgan fingerprint density at radius 2 is 2.11 bits per heavy atom. The van der Waals surface area contributed by atoms with E-state index in [1.54, 1.807) is 13.8 Å². The summed E-state index contributed by atoms with van der Waals surface area (Å²) in [5, 5.41) is 7.99. The highest BCUT2D eigenvalue weighted by Gasteiger charge is 2.27. The summed E-state index contributed by atoms with van der Waals surface area (Å²) >= 11 is 0. The van der Waals surface area contributed by atoms with Gasteiger partial charge >= 0.3 is 6.03 Å². The summed E-state index contributed by atoms with van der Waals surface area (Å²) < 4.78 is 5.60. The standard InChI is InChI=1S/C13H25N3O3/c1-4-11-10(6-7-19-11)8-15-9(3)12(17)16-13(18)14-5-2/h9-11,15H,4-8H2,1-3H3,(H2,14,16,17,18). The fourth-order valence-corrected chi connectivity index (χ4v) is 2.22. The Hall–Kier alpha value is -1.14. The number of hydrogen-bond donors (Lipinski definition) is 3. The van der Waals surface area contributed by atoms with Crippen LogP contribution in [0.4, 0.5) is 4.79 Å². The zero-order valence-electron chi connectivity index (χ0n) is 12.0. The Kier molecular flexibility index (Phi) is 6.80. The summed E-state index contributed by atoms with van der Waals surface area (Å²) in [6.45, 7) is 7.70. The molecule has 19 heavy (non-hydrogen) atoms. The number of amides is 3. The van der Waals surface area contributed by atoms with Crippen LogP contribution >= 0.6 is 0 Å². The van der Waals surface area contributed by atoms with Crippen LogP contribution in [0.5, 0.6) is 0 Å². The average molecular weight is 271 g/mol. The number of hydrogen-bond acceptors (Lipinski definition) is 4. The molecular formula is C13H25N3O3. The molecule has 110 valence electrons. The number of urea groups is 1. The number of rotatable bonds is 6. The van der Waals surface area contributed by atoms with E-state index in [4.69, 9.17) is 4.74 Å². The van der Waals surface area contributed by atoms with Gasteiger partial charge in [0.2, 0.25) is 5.91 Å². The van der Waals surface area contributed by atoms with Crippen molar-refractivity contribution in [1.29, 1.82) is 0 Å². The first kappa shape index (κ1) is 15.9. The molecule has 0 aromatic rings. The second-order valence-corrected chi connectivity index (χ2v) is 4.84. The van der Waals surface area contributed by atoms with Crippen molar-refractivity contribution in [3.8, 4) is 0 Å². The Bertz CT molecular complexity index is 310. The predicted octanol–water partition coefficient (Wildman–Crippen LogP) is 0.625. The maximum Gasteiger partial charge on any atom is 0.321 e. The minimum absolute atomic E-state index is 0.283. The lowest BCUT2D eigenvalue weighted by atomic mass is 9.99. The van der Waals surface area contributed by atoms with Gasteiger partial charge in [-0.3, -0.25) is 10.1 Å². The third kappa shape index (κ3) is 5.16. The molecule has 3 amide bonds. The predicted molar refractivity (Wildman–Crippen MR) is 72.8 cm³/mol. The quantitative estimate of drug-likeness (QED) is 0.662. The molecule has 3 N–H and O–H groups in total. The third-order valence-electron chi connectivity index (χ3n) is 3.40. The van der Waals surface area contributed by atoms with E-state index in [0.717, 1.165) is 26.0 Å². The van der Waals surface area contributed by atoms with Gasteiger partial charge in [-0.25, -0.2) is 4.79 Å². The molecule has 3 atom stereocenters. The Labute approximate surface area is 114 Å². The topological polar surface area (TPSA) is 79.5 Å². The fraction of sp³-hybridized carbons (Fsp3) is 0.846. The molecule has 1 fully saturated rings. The van der Waals surface area contributed by atoms with Gasteiger partial charge < -0.3 is 15.4 Å². The van der Waals surface area contributed by atoms with E-state index >= 15 is 0 Å². The van der Waals surface area contributed by atoms with Crippen molar-refractivity contribution < 1.29 is 14.3 Å². The number of carbonyl (C=O) groups excluding carboxylic acids is 2. The van der Waals surface area contributed by atoms with Crippen molar-refractivity contribution in [1.82, 2.24) is 16.0 Å². The largest absolute Gasteiger partial charge is 0.378 e. The number of imide groups is 1. The van der Waals surface area contributed by atoms with E-state index < -0.39 is 6.03 Å². The maximum atomic E-state index is 11.7. The van der Waals surface area contributed by atoms with Gasteiger partial charge in [0.05, 0.1) is 12.1 Å². The maximum absolute atomic E-state index is 11.7. The van der Waals surface area contributed by atoms with E-state index in [2.05, 4.69) is 22.9 Å². The van der Waals surface area contributed by atoms with Crippen LogP contribution in [-0.2, 0) is 9.53 Å². The van der Waals surface area contributed by atoms with E-state index in [9.17, 15) is 9.59 Å². The van der Waals surface area contributed by atoms with Crippen molar-refractivity contribution >= 4 is 11.9 Å². The molecule has 1 rings (SSSR count). The monoisotopic (exact) mass is 271 g/mol. The third-order valence-corrected chi connectivity index (χ3v) is 3.40. The van der Waals surface area contributed by atoms with Gasteiger partial charge in [-0.2, -0.15) is 0 Å². The van der Waals surface area contributed by atoms with Gasteiger partial charge in [-0.05, 0) is 32.6 Å². The Morgan fingerprint density at radius 1 is 1.37 bits per heavy atom. The van der Waals surface area contributed by atoms with Crippen LogP contribution in [0.2, 0.25) is 0 Å². The number of nitrogens with one attached hydrogen (secondary N) is 3. The second-order valence-electron chi connectivity index (χ2n) is 4.84. The number of ether oxygens (including phenoxy) is 1. The molecule has 0 spiro atoms. The summed E-state index contributed by atoms with van der Waals surface area (Å²) in [6.07, 6.45) is 2.30. The van der Waals surface area contributed by atoms with Gasteiger partial charge in [0.25, 0.3) is 0 Å². The minimum atomic E-state index is -0.447. The molecule has 0 aliphatic carbocycles. The van der Waals surface area contributed by atoms with Gasteiger partial charge in [0, 0.05) is 19.7 Å². The lowest BCUT2D eigenvalue weighted by molar-refractivity contribution is -0.121. The molecule has 1 heterocycles. The summed E-state index contributed by atoms with van der Waals surface area (Å²) in [4.78, 5) is 22.9. The van der Waals surface area contributed by atoms with Crippen LogP contribution in [0.3, 0.4) is 0 Å². The highest BCUT2D eigenvalue weighted by Crippen LogP contribution is 2.22. The molecule has 3 unspecified atom stereocenters. The first-order valence-corrected chi connectivity index (χ1v) is 7.02. The number of carbonyl (C=O) groups is 2. The van der Waals surface area contributed by atoms with Crippen LogP contribution < -0.4 is 16.0 Å². The highest BCUT2D eigenvalue weighted by molar-refractivity contribution is 5.96. The molecule has 6 nitrogen and oxygen atoms in total. The zero-order chi connectivity index (χ0) is 14.3. The van der Waals surface area contributed by atoms with Crippen molar-refractivity contribution in [3.05, 3.63) is 0 Å². The van der Waals surface area contributed by atoms with Crippen molar-refractivity contribution in [2.24, 2.45) is 5.92 Å². The van der Waals surface area contributed by atoms with Gasteiger partial charge in [-0.15, -0.1) is 0 Å². The normalized spacial score (nSPS) is 23.9. The summed E-state index contributed by atoms with van der Waals surface area (Å²) in [6, 6.07) is -0.836. The summed E-state index contributed by atoms with van der Waals surface area (Å²) in [5.41, 5.74) is 0. The SMILES string of the molecule is CCNC(=O)NC(=O)C(C)NCC1CCOC1CC. The Morgan fingerprint density at radius 3 is 2.74 bits per heavy atom. The first-order chi connectivity index (χ1) is 9.08. The van der Waals surface area contributed by atoms with E-state index in [0.29, 0.717) is 12.5 Å². The molecule has 1 aliphatic rings. The van der Waals surface area contributed by atoms with Crippen molar-refractivity contribution in [2.75, 3.05) is 19.7 Å². The van der Waals surface area contributed by atoms with Gasteiger partial charge in [-0.1, -0.05) is 6.92 Å². The van der Waals surface area contributed by atoms with Crippen LogP contribution in [0.1, 0.15) is 33.6 Å². The van der Waals surface area contributed by atoms with Crippen LogP contribution in [0.15, 0.2) is 0 Å². The van der Waals surface area contributed by atoms with Gasteiger partial charge in [0.15, 0.2) is 0 Å². The van der Waals surface area contributed by atoms with Crippen LogP contribution in [0, 0.1) is 5.92 Å².